The summed E-state index contributed by atoms with van der Waals surface area (Å²) in [5, 5.41) is 4.03. The van der Waals surface area contributed by atoms with Crippen LogP contribution in [-0.2, 0) is 4.84 Å². The van der Waals surface area contributed by atoms with Gasteiger partial charge in [0.2, 0.25) is 0 Å². The van der Waals surface area contributed by atoms with Crippen molar-refractivity contribution < 1.29 is 4.84 Å². The molecule has 0 bridgehead atoms. The molecule has 0 amide bonds. The van der Waals surface area contributed by atoms with Crippen LogP contribution in [0.1, 0.15) is 12.0 Å². The van der Waals surface area contributed by atoms with Gasteiger partial charge in [0, 0.05) is 17.2 Å². The Morgan fingerprint density at radius 1 is 1.38 bits per heavy atom. The molecule has 3 rings (SSSR count). The van der Waals surface area contributed by atoms with Gasteiger partial charge in [0.1, 0.15) is 6.10 Å². The summed E-state index contributed by atoms with van der Waals surface area (Å²) in [6.07, 6.45) is 1.45. The summed E-state index contributed by atoms with van der Waals surface area (Å²) >= 11 is 0. The summed E-state index contributed by atoms with van der Waals surface area (Å²) in [5.41, 5.74) is 8.70. The van der Waals surface area contributed by atoms with E-state index >= 15 is 0 Å². The second-order valence-electron chi connectivity index (χ2n) is 3.55. The van der Waals surface area contributed by atoms with Gasteiger partial charge in [-0.1, -0.05) is 23.4 Å². The van der Waals surface area contributed by atoms with Crippen molar-refractivity contribution in [2.75, 3.05) is 5.73 Å². The van der Waals surface area contributed by atoms with E-state index in [0.29, 0.717) is 12.0 Å². The Labute approximate surface area is 76.2 Å². The molecule has 3 heteroatoms. The number of oxime groups is 1. The lowest BCUT2D eigenvalue weighted by molar-refractivity contribution is 0.140. The van der Waals surface area contributed by atoms with Crippen LogP contribution in [0, 0.1) is 5.92 Å². The second-order valence-corrected chi connectivity index (χ2v) is 3.55. The third kappa shape index (κ3) is 0.932. The van der Waals surface area contributed by atoms with Gasteiger partial charge in [0.25, 0.3) is 0 Å². The number of fused-ring (bicyclic) bond motifs is 1. The first-order valence-electron chi connectivity index (χ1n) is 4.45. The summed E-state index contributed by atoms with van der Waals surface area (Å²) < 4.78 is 0. The zero-order valence-electron chi connectivity index (χ0n) is 7.10. The monoisotopic (exact) mass is 174 g/mol. The fraction of sp³-hybridized carbons (Fsp3) is 0.300. The molecule has 1 aliphatic heterocycles. The molecule has 0 saturated heterocycles. The highest BCUT2D eigenvalue weighted by Crippen LogP contribution is 2.42. The first-order chi connectivity index (χ1) is 6.36. The average molecular weight is 174 g/mol. The number of nitrogens with two attached hydrogens (primary N) is 1. The zero-order chi connectivity index (χ0) is 8.84. The quantitative estimate of drug-likeness (QED) is 0.654. The van der Waals surface area contributed by atoms with Crippen molar-refractivity contribution >= 4 is 11.4 Å². The van der Waals surface area contributed by atoms with E-state index in [4.69, 9.17) is 10.6 Å². The predicted octanol–water partition coefficient (Wildman–Crippen LogP) is 1.39. The van der Waals surface area contributed by atoms with Gasteiger partial charge in [-0.25, -0.2) is 0 Å². The van der Waals surface area contributed by atoms with Crippen molar-refractivity contribution in [2.24, 2.45) is 11.1 Å². The molecule has 66 valence electrons. The molecule has 1 saturated carbocycles. The lowest BCUT2D eigenvalue weighted by atomic mass is 10.0. The van der Waals surface area contributed by atoms with E-state index in [0.717, 1.165) is 23.4 Å². The van der Waals surface area contributed by atoms with Gasteiger partial charge < -0.3 is 10.6 Å². The van der Waals surface area contributed by atoms with Crippen molar-refractivity contribution in [3.8, 4) is 0 Å². The number of hydrogen-bond donors (Lipinski definition) is 1. The molecule has 3 nitrogen and oxygen atoms in total. The molecule has 1 fully saturated rings. The maximum absolute atomic E-state index is 5.84. The van der Waals surface area contributed by atoms with Gasteiger partial charge in [-0.15, -0.1) is 0 Å². The maximum Gasteiger partial charge on any atom is 0.137 e. The minimum atomic E-state index is 0.342. The number of hydrogen-bond acceptors (Lipinski definition) is 3. The molecule has 1 aromatic carbocycles. The fourth-order valence-electron chi connectivity index (χ4n) is 1.75. The highest BCUT2D eigenvalue weighted by molar-refractivity contribution is 6.08. The van der Waals surface area contributed by atoms with Crippen LogP contribution in [0.4, 0.5) is 5.69 Å². The van der Waals surface area contributed by atoms with Gasteiger partial charge in [0.15, 0.2) is 0 Å². The molecular weight excluding hydrogens is 164 g/mol. The predicted molar refractivity (Wildman–Crippen MR) is 50.4 cm³/mol. The lowest BCUT2D eigenvalue weighted by Gasteiger charge is -2.03. The highest BCUT2D eigenvalue weighted by Gasteiger charge is 2.49. The number of nitrogens with zero attached hydrogens (tertiary/aromatic N) is 1. The number of rotatable bonds is 1. The Morgan fingerprint density at radius 3 is 2.85 bits per heavy atom. The summed E-state index contributed by atoms with van der Waals surface area (Å²) in [6.45, 7) is 0. The Balaban J connectivity index is 2.05. The molecule has 0 spiro atoms. The minimum Gasteiger partial charge on any atom is -0.398 e. The summed E-state index contributed by atoms with van der Waals surface area (Å²) in [4.78, 5) is 5.18. The first-order valence-corrected chi connectivity index (χ1v) is 4.45. The van der Waals surface area contributed by atoms with E-state index in [2.05, 4.69) is 5.16 Å². The third-order valence-electron chi connectivity index (χ3n) is 2.61. The van der Waals surface area contributed by atoms with Crippen LogP contribution in [-0.4, -0.2) is 11.8 Å². The van der Waals surface area contributed by atoms with Crippen molar-refractivity contribution in [1.82, 2.24) is 0 Å². The summed E-state index contributed by atoms with van der Waals surface area (Å²) in [7, 11) is 0. The van der Waals surface area contributed by atoms with Crippen molar-refractivity contribution in [3.05, 3.63) is 29.8 Å². The zero-order valence-corrected chi connectivity index (χ0v) is 7.10. The van der Waals surface area contributed by atoms with Crippen LogP contribution >= 0.6 is 0 Å². The molecule has 1 aliphatic carbocycles. The van der Waals surface area contributed by atoms with E-state index < -0.39 is 0 Å². The van der Waals surface area contributed by atoms with Gasteiger partial charge in [0.05, 0.1) is 5.71 Å². The number of anilines is 1. The lowest BCUT2D eigenvalue weighted by Crippen LogP contribution is -2.05. The Hall–Kier alpha value is -1.51. The Bertz CT molecular complexity index is 386. The normalized spacial score (nSPS) is 29.1. The summed E-state index contributed by atoms with van der Waals surface area (Å²) in [6, 6.07) is 7.80. The minimum absolute atomic E-state index is 0.342. The second kappa shape index (κ2) is 2.25. The summed E-state index contributed by atoms with van der Waals surface area (Å²) in [5.74, 6) is 0.504. The molecule has 2 atom stereocenters. The van der Waals surface area contributed by atoms with E-state index in [-0.39, 0.29) is 0 Å². The molecule has 2 aliphatic rings. The van der Waals surface area contributed by atoms with E-state index in [1.807, 2.05) is 24.3 Å². The SMILES string of the molecule is Nc1ccccc1C1=NO[C@@H]2C[C@@H]12. The topological polar surface area (TPSA) is 47.6 Å². The van der Waals surface area contributed by atoms with Crippen LogP contribution in [0.15, 0.2) is 29.4 Å². The third-order valence-corrected chi connectivity index (χ3v) is 2.61. The van der Waals surface area contributed by atoms with Crippen LogP contribution in [0.5, 0.6) is 0 Å². The fourth-order valence-corrected chi connectivity index (χ4v) is 1.75. The van der Waals surface area contributed by atoms with E-state index in [1.54, 1.807) is 0 Å². The molecular formula is C10H10N2O. The largest absolute Gasteiger partial charge is 0.398 e. The molecule has 13 heavy (non-hydrogen) atoms. The standard InChI is InChI=1S/C10H10N2O/c11-8-4-2-1-3-6(8)10-7-5-9(7)13-12-10/h1-4,7,9H,5,11H2/t7-,9-/m1/s1. The molecule has 0 unspecified atom stereocenters. The van der Waals surface area contributed by atoms with Gasteiger partial charge in [-0.05, 0) is 12.5 Å². The molecule has 1 heterocycles. The van der Waals surface area contributed by atoms with Crippen LogP contribution in [0.3, 0.4) is 0 Å². The van der Waals surface area contributed by atoms with Gasteiger partial charge in [-0.2, -0.15) is 0 Å². The maximum atomic E-state index is 5.84. The van der Waals surface area contributed by atoms with Crippen LogP contribution < -0.4 is 5.73 Å². The van der Waals surface area contributed by atoms with Crippen molar-refractivity contribution in [3.63, 3.8) is 0 Å². The molecule has 2 N–H and O–H groups in total. The number of nitrogen functional groups attached to an aromatic ring is 1. The van der Waals surface area contributed by atoms with Crippen LogP contribution in [0.25, 0.3) is 0 Å². The Kier molecular flexibility index (Phi) is 1.20. The smallest absolute Gasteiger partial charge is 0.137 e. The number of para-hydroxylation sites is 1. The highest BCUT2D eigenvalue weighted by atomic mass is 16.7. The van der Waals surface area contributed by atoms with Crippen molar-refractivity contribution in [1.29, 1.82) is 0 Å². The van der Waals surface area contributed by atoms with Gasteiger partial charge in [-0.3, -0.25) is 0 Å². The Morgan fingerprint density at radius 2 is 2.23 bits per heavy atom. The van der Waals surface area contributed by atoms with Gasteiger partial charge >= 0.3 is 0 Å². The molecule has 1 aromatic rings. The van der Waals surface area contributed by atoms with Crippen molar-refractivity contribution in [2.45, 2.75) is 12.5 Å². The number of benzene rings is 1. The van der Waals surface area contributed by atoms with E-state index in [9.17, 15) is 0 Å². The van der Waals surface area contributed by atoms with Crippen LogP contribution in [0.2, 0.25) is 0 Å². The average Bonchev–Trinajstić information content (AvgIpc) is 2.81. The van der Waals surface area contributed by atoms with E-state index in [1.165, 1.54) is 0 Å². The first kappa shape index (κ1) is 6.95. The molecule has 0 radical (unpaired) electrons. The molecule has 0 aromatic heterocycles.